The summed E-state index contributed by atoms with van der Waals surface area (Å²) in [7, 11) is -3.48. The van der Waals surface area contributed by atoms with Crippen molar-refractivity contribution >= 4 is 38.8 Å². The minimum atomic E-state index is -3.48. The maximum atomic E-state index is 12.1. The number of benzene rings is 1. The van der Waals surface area contributed by atoms with Gasteiger partial charge in [0, 0.05) is 28.7 Å². The second-order valence-corrected chi connectivity index (χ2v) is 8.62. The zero-order valence-electron chi connectivity index (χ0n) is 12.0. The molecule has 0 fully saturated rings. The van der Waals surface area contributed by atoms with Crippen molar-refractivity contribution in [3.05, 3.63) is 71.9 Å². The number of hydrogen-bond donors (Lipinski definition) is 1. The molecule has 4 nitrogen and oxygen atoms in total. The van der Waals surface area contributed by atoms with Gasteiger partial charge in [-0.15, -0.1) is 23.1 Å². The molecule has 0 amide bonds. The second-order valence-electron chi connectivity index (χ2n) is 4.71. The number of anilines is 1. The van der Waals surface area contributed by atoms with Gasteiger partial charge in [-0.25, -0.2) is 8.42 Å². The van der Waals surface area contributed by atoms with Crippen LogP contribution in [-0.2, 0) is 15.8 Å². The average Bonchev–Trinajstić information content (AvgIpc) is 3.10. The number of rotatable bonds is 6. The van der Waals surface area contributed by atoms with Gasteiger partial charge in [0.1, 0.15) is 4.21 Å². The Morgan fingerprint density at radius 3 is 2.57 bits per heavy atom. The van der Waals surface area contributed by atoms with Crippen molar-refractivity contribution in [2.24, 2.45) is 0 Å². The van der Waals surface area contributed by atoms with E-state index in [1.165, 1.54) is 11.3 Å². The summed E-state index contributed by atoms with van der Waals surface area (Å²) in [5.74, 6) is 0.827. The summed E-state index contributed by atoms with van der Waals surface area (Å²) in [6.45, 7) is 0. The summed E-state index contributed by atoms with van der Waals surface area (Å²) < 4.78 is 27.2. The molecular formula is C16H14N2O2S3. The quantitative estimate of drug-likeness (QED) is 0.667. The van der Waals surface area contributed by atoms with E-state index in [0.717, 1.165) is 16.2 Å². The van der Waals surface area contributed by atoms with Gasteiger partial charge in [0.15, 0.2) is 0 Å². The van der Waals surface area contributed by atoms with Gasteiger partial charge in [-0.3, -0.25) is 9.71 Å². The van der Waals surface area contributed by atoms with Gasteiger partial charge in [0.2, 0.25) is 0 Å². The van der Waals surface area contributed by atoms with Crippen molar-refractivity contribution in [2.75, 3.05) is 4.72 Å². The molecule has 1 aromatic carbocycles. The third kappa shape index (κ3) is 4.34. The Balaban J connectivity index is 1.63. The Kier molecular flexibility index (Phi) is 5.00. The maximum absolute atomic E-state index is 12.1. The minimum Gasteiger partial charge on any atom is -0.279 e. The Bertz CT molecular complexity index is 846. The summed E-state index contributed by atoms with van der Waals surface area (Å²) >= 11 is 2.88. The molecule has 2 aromatic heterocycles. The topological polar surface area (TPSA) is 59.1 Å². The zero-order valence-corrected chi connectivity index (χ0v) is 14.5. The van der Waals surface area contributed by atoms with Crippen molar-refractivity contribution in [1.82, 2.24) is 4.98 Å². The Morgan fingerprint density at radius 1 is 1.09 bits per heavy atom. The van der Waals surface area contributed by atoms with Crippen LogP contribution in [0, 0.1) is 0 Å². The molecule has 118 valence electrons. The van der Waals surface area contributed by atoms with E-state index in [1.54, 1.807) is 47.6 Å². The molecule has 0 bridgehead atoms. The fourth-order valence-corrected chi connectivity index (χ4v) is 4.78. The maximum Gasteiger partial charge on any atom is 0.271 e. The van der Waals surface area contributed by atoms with Crippen molar-refractivity contribution in [1.29, 1.82) is 0 Å². The van der Waals surface area contributed by atoms with Gasteiger partial charge in [-0.2, -0.15) is 0 Å². The summed E-state index contributed by atoms with van der Waals surface area (Å²) in [5.41, 5.74) is 1.71. The molecule has 0 atom stereocenters. The summed E-state index contributed by atoms with van der Waals surface area (Å²) in [6.07, 6.45) is 3.60. The number of hydrogen-bond acceptors (Lipinski definition) is 5. The molecule has 7 heteroatoms. The van der Waals surface area contributed by atoms with Crippen LogP contribution in [0.3, 0.4) is 0 Å². The molecule has 0 spiro atoms. The highest BCUT2D eigenvalue weighted by Gasteiger charge is 2.14. The molecule has 0 radical (unpaired) electrons. The SMILES string of the molecule is O=S(=O)(Nc1ccc(SCc2cccnc2)cc1)c1cccs1. The van der Waals surface area contributed by atoms with Crippen molar-refractivity contribution < 1.29 is 8.42 Å². The molecule has 0 aliphatic heterocycles. The second kappa shape index (κ2) is 7.16. The largest absolute Gasteiger partial charge is 0.279 e. The fourth-order valence-electron chi connectivity index (χ4n) is 1.89. The van der Waals surface area contributed by atoms with Gasteiger partial charge in [-0.1, -0.05) is 12.1 Å². The molecular weight excluding hydrogens is 348 g/mol. The fraction of sp³-hybridized carbons (Fsp3) is 0.0625. The number of aromatic nitrogens is 1. The van der Waals surface area contributed by atoms with E-state index in [9.17, 15) is 8.42 Å². The van der Waals surface area contributed by atoms with Crippen LogP contribution in [-0.4, -0.2) is 13.4 Å². The average molecular weight is 363 g/mol. The molecule has 0 saturated carbocycles. The van der Waals surface area contributed by atoms with Crippen LogP contribution in [0.4, 0.5) is 5.69 Å². The highest BCUT2D eigenvalue weighted by atomic mass is 32.2. The summed E-state index contributed by atoms with van der Waals surface area (Å²) in [4.78, 5) is 5.16. The van der Waals surface area contributed by atoms with E-state index >= 15 is 0 Å². The van der Waals surface area contributed by atoms with E-state index in [-0.39, 0.29) is 0 Å². The lowest BCUT2D eigenvalue weighted by Gasteiger charge is -2.07. The molecule has 23 heavy (non-hydrogen) atoms. The van der Waals surface area contributed by atoms with E-state index in [2.05, 4.69) is 9.71 Å². The molecule has 3 aromatic rings. The van der Waals surface area contributed by atoms with Gasteiger partial charge < -0.3 is 0 Å². The molecule has 2 heterocycles. The number of sulfonamides is 1. The molecule has 0 saturated heterocycles. The van der Waals surface area contributed by atoms with Crippen LogP contribution in [0.15, 0.2) is 75.4 Å². The van der Waals surface area contributed by atoms with Crippen molar-refractivity contribution in [2.45, 2.75) is 14.9 Å². The third-order valence-corrected chi connectivity index (χ3v) is 6.86. The number of nitrogens with zero attached hydrogens (tertiary/aromatic N) is 1. The first-order chi connectivity index (χ1) is 11.1. The first-order valence-electron chi connectivity index (χ1n) is 6.81. The van der Waals surface area contributed by atoms with Crippen LogP contribution < -0.4 is 4.72 Å². The molecule has 3 rings (SSSR count). The lowest BCUT2D eigenvalue weighted by atomic mass is 10.3. The standard InChI is InChI=1S/C16H14N2O2S3/c19-23(20,16-4-2-10-21-16)18-14-5-7-15(8-6-14)22-12-13-3-1-9-17-11-13/h1-11,18H,12H2. The van der Waals surface area contributed by atoms with Crippen LogP contribution in [0.5, 0.6) is 0 Å². The Hall–Kier alpha value is -1.83. The van der Waals surface area contributed by atoms with Crippen molar-refractivity contribution in [3.63, 3.8) is 0 Å². The van der Waals surface area contributed by atoms with Crippen LogP contribution in [0.2, 0.25) is 0 Å². The Morgan fingerprint density at radius 2 is 1.91 bits per heavy atom. The lowest BCUT2D eigenvalue weighted by molar-refractivity contribution is 0.603. The molecule has 0 aliphatic rings. The highest BCUT2D eigenvalue weighted by Crippen LogP contribution is 2.25. The first kappa shape index (κ1) is 16.0. The van der Waals surface area contributed by atoms with E-state index in [4.69, 9.17) is 0 Å². The predicted molar refractivity (Wildman–Crippen MR) is 95.4 cm³/mol. The van der Waals surface area contributed by atoms with Crippen LogP contribution >= 0.6 is 23.1 Å². The van der Waals surface area contributed by atoms with E-state index in [1.807, 2.05) is 30.5 Å². The monoisotopic (exact) mass is 362 g/mol. The van der Waals surface area contributed by atoms with Gasteiger partial charge >= 0.3 is 0 Å². The first-order valence-corrected chi connectivity index (χ1v) is 10.2. The molecule has 1 N–H and O–H groups in total. The molecule has 0 aliphatic carbocycles. The van der Waals surface area contributed by atoms with E-state index in [0.29, 0.717) is 9.90 Å². The summed E-state index contributed by atoms with van der Waals surface area (Å²) in [5, 5.41) is 1.74. The summed E-state index contributed by atoms with van der Waals surface area (Å²) in [6, 6.07) is 14.6. The number of thioether (sulfide) groups is 1. The number of nitrogens with one attached hydrogen (secondary N) is 1. The Labute approximate surface area is 143 Å². The molecule has 0 unspecified atom stereocenters. The normalized spacial score (nSPS) is 11.3. The van der Waals surface area contributed by atoms with Gasteiger partial charge in [0.25, 0.3) is 10.0 Å². The zero-order chi connectivity index (χ0) is 16.1. The third-order valence-electron chi connectivity index (χ3n) is 2.99. The van der Waals surface area contributed by atoms with Crippen LogP contribution in [0.25, 0.3) is 0 Å². The number of thiophene rings is 1. The van der Waals surface area contributed by atoms with Crippen molar-refractivity contribution in [3.8, 4) is 0 Å². The van der Waals surface area contributed by atoms with Gasteiger partial charge in [0.05, 0.1) is 0 Å². The van der Waals surface area contributed by atoms with Crippen LogP contribution in [0.1, 0.15) is 5.56 Å². The van der Waals surface area contributed by atoms with Gasteiger partial charge in [-0.05, 0) is 47.3 Å². The minimum absolute atomic E-state index is 0.313. The lowest BCUT2D eigenvalue weighted by Crippen LogP contribution is -2.11. The number of pyridine rings is 1. The smallest absolute Gasteiger partial charge is 0.271 e. The van der Waals surface area contributed by atoms with E-state index < -0.39 is 10.0 Å². The predicted octanol–water partition coefficient (Wildman–Crippen LogP) is 4.24. The highest BCUT2D eigenvalue weighted by molar-refractivity contribution is 7.98.